The van der Waals surface area contributed by atoms with E-state index in [9.17, 15) is 43.2 Å². The monoisotopic (exact) mass is 1340 g/mol. The summed E-state index contributed by atoms with van der Waals surface area (Å²) < 4.78 is 68.2. The zero-order chi connectivity index (χ0) is 67.3. The SMILES string of the molecule is CCCCCCCCCC(=O)OC[C@H](COP(=O)(O)OC[C@H](O)COP(=O)(O)OC[C@@H](COC(=O)CCCCCCCCCCCCCCC(C)C)OC(=O)CCCCCCCCCCCCCCCCCCC(C)C)OC(=O)CCCCCCCCC(C)CC. The lowest BCUT2D eigenvalue weighted by Crippen LogP contribution is -2.30. The highest BCUT2D eigenvalue weighted by Crippen LogP contribution is 2.45. The third-order valence-electron chi connectivity index (χ3n) is 17.0. The minimum atomic E-state index is -4.95. The summed E-state index contributed by atoms with van der Waals surface area (Å²) in [7, 11) is -9.90. The first kappa shape index (κ1) is 89.1. The molecule has 0 fully saturated rings. The Morgan fingerprint density at radius 1 is 0.319 bits per heavy atom. The molecule has 0 radical (unpaired) electrons. The van der Waals surface area contributed by atoms with Crippen LogP contribution in [-0.2, 0) is 65.4 Å². The molecule has 91 heavy (non-hydrogen) atoms. The van der Waals surface area contributed by atoms with Gasteiger partial charge in [0, 0.05) is 25.7 Å². The second-order valence-electron chi connectivity index (χ2n) is 27.2. The van der Waals surface area contributed by atoms with Crippen molar-refractivity contribution in [2.45, 2.75) is 381 Å². The molecule has 0 amide bonds. The van der Waals surface area contributed by atoms with Crippen LogP contribution in [0.3, 0.4) is 0 Å². The number of esters is 4. The fraction of sp³-hybridized carbons (Fsp3) is 0.944. The Bertz CT molecular complexity index is 1790. The van der Waals surface area contributed by atoms with Gasteiger partial charge in [-0.15, -0.1) is 0 Å². The zero-order valence-corrected chi connectivity index (χ0v) is 61.1. The molecule has 0 spiro atoms. The van der Waals surface area contributed by atoms with Crippen molar-refractivity contribution >= 4 is 39.5 Å². The number of unbranched alkanes of at least 4 members (excludes halogenated alkanes) is 37. The molecule has 0 aromatic rings. The Kier molecular flexibility index (Phi) is 61.5. The van der Waals surface area contributed by atoms with E-state index in [1.165, 1.54) is 161 Å². The molecular weight excluding hydrogens is 1200 g/mol. The van der Waals surface area contributed by atoms with Crippen LogP contribution in [0.2, 0.25) is 0 Å². The first-order chi connectivity index (χ1) is 43.8. The molecule has 540 valence electrons. The van der Waals surface area contributed by atoms with Crippen LogP contribution >= 0.6 is 15.6 Å². The average Bonchev–Trinajstić information content (AvgIpc) is 2.46. The van der Waals surface area contributed by atoms with Gasteiger partial charge in [0.2, 0.25) is 0 Å². The van der Waals surface area contributed by atoms with Gasteiger partial charge in [0.1, 0.15) is 19.3 Å². The summed E-state index contributed by atoms with van der Waals surface area (Å²) in [4.78, 5) is 72.5. The molecular formula is C72H140O17P2. The van der Waals surface area contributed by atoms with Gasteiger partial charge in [-0.05, 0) is 43.4 Å². The van der Waals surface area contributed by atoms with Crippen molar-refractivity contribution in [2.24, 2.45) is 17.8 Å². The number of hydrogen-bond acceptors (Lipinski definition) is 15. The third-order valence-corrected chi connectivity index (χ3v) is 18.9. The molecule has 19 heteroatoms. The Balaban J connectivity index is 5.19. The van der Waals surface area contributed by atoms with E-state index in [1.54, 1.807) is 0 Å². The fourth-order valence-electron chi connectivity index (χ4n) is 10.9. The lowest BCUT2D eigenvalue weighted by Gasteiger charge is -2.21. The number of carbonyl (C=O) groups is 4. The smallest absolute Gasteiger partial charge is 0.462 e. The molecule has 0 saturated heterocycles. The van der Waals surface area contributed by atoms with Gasteiger partial charge in [-0.3, -0.25) is 37.3 Å². The van der Waals surface area contributed by atoms with Crippen molar-refractivity contribution in [3.05, 3.63) is 0 Å². The second kappa shape index (κ2) is 62.8. The average molecular weight is 1340 g/mol. The number of aliphatic hydroxyl groups excluding tert-OH is 1. The molecule has 0 rings (SSSR count). The molecule has 0 aliphatic rings. The van der Waals surface area contributed by atoms with E-state index in [0.717, 1.165) is 120 Å². The first-order valence-corrected chi connectivity index (χ1v) is 40.4. The van der Waals surface area contributed by atoms with E-state index in [-0.39, 0.29) is 25.7 Å². The number of ether oxygens (including phenoxy) is 4. The Morgan fingerprint density at radius 3 is 0.835 bits per heavy atom. The van der Waals surface area contributed by atoms with Gasteiger partial charge in [-0.25, -0.2) is 9.13 Å². The molecule has 0 aliphatic heterocycles. The normalized spacial score (nSPS) is 14.5. The Labute approximate surface area is 556 Å². The van der Waals surface area contributed by atoms with Crippen LogP contribution in [0, 0.1) is 17.8 Å². The maximum Gasteiger partial charge on any atom is 0.472 e. The van der Waals surface area contributed by atoms with Crippen LogP contribution in [0.1, 0.15) is 363 Å². The van der Waals surface area contributed by atoms with Gasteiger partial charge in [0.05, 0.1) is 26.4 Å². The predicted octanol–water partition coefficient (Wildman–Crippen LogP) is 20.6. The van der Waals surface area contributed by atoms with Gasteiger partial charge >= 0.3 is 39.5 Å². The van der Waals surface area contributed by atoms with Gasteiger partial charge in [0.25, 0.3) is 0 Å². The number of hydrogen-bond donors (Lipinski definition) is 3. The van der Waals surface area contributed by atoms with Gasteiger partial charge in [0.15, 0.2) is 12.2 Å². The highest BCUT2D eigenvalue weighted by molar-refractivity contribution is 7.47. The van der Waals surface area contributed by atoms with Crippen molar-refractivity contribution in [1.29, 1.82) is 0 Å². The number of phosphoric acid groups is 2. The molecule has 3 N–H and O–H groups in total. The van der Waals surface area contributed by atoms with Crippen molar-refractivity contribution in [1.82, 2.24) is 0 Å². The maximum atomic E-state index is 13.0. The highest BCUT2D eigenvalue weighted by Gasteiger charge is 2.30. The molecule has 0 bridgehead atoms. The molecule has 6 atom stereocenters. The van der Waals surface area contributed by atoms with Crippen molar-refractivity contribution in [2.75, 3.05) is 39.6 Å². The first-order valence-electron chi connectivity index (χ1n) is 37.4. The second-order valence-corrected chi connectivity index (χ2v) is 30.1. The Hall–Kier alpha value is -1.94. The van der Waals surface area contributed by atoms with Crippen LogP contribution in [0.5, 0.6) is 0 Å². The summed E-state index contributed by atoms with van der Waals surface area (Å²) in [5, 5.41) is 10.6. The number of aliphatic hydroxyl groups is 1. The Morgan fingerprint density at radius 2 is 0.560 bits per heavy atom. The molecule has 0 aromatic carbocycles. The molecule has 0 saturated carbocycles. The quantitative estimate of drug-likeness (QED) is 0.0222. The standard InChI is InChI=1S/C72H140O17P2/c1-8-10-11-12-29-39-46-53-69(74)82-59-68(89-72(77)56-49-42-35-34-38-45-52-65(7)9-2)62-87-91(80,81)85-58-66(73)57-84-90(78,79)86-61-67(60-83-70(75)54-47-40-32-27-23-20-19-22-26-31-37-44-51-64(5)6)88-71(76)55-48-41-33-28-24-18-16-14-13-15-17-21-25-30-36-43-50-63(3)4/h63-68,73H,8-62H2,1-7H3,(H,78,79)(H,80,81)/t65?,66-,67-,68-/m1/s1. The number of rotatable bonds is 70. The van der Waals surface area contributed by atoms with E-state index < -0.39 is 97.5 Å². The summed E-state index contributed by atoms with van der Waals surface area (Å²) in [6.07, 6.45) is 47.4. The van der Waals surface area contributed by atoms with Crippen LogP contribution in [0.25, 0.3) is 0 Å². The van der Waals surface area contributed by atoms with Crippen LogP contribution in [0.15, 0.2) is 0 Å². The van der Waals surface area contributed by atoms with Crippen LogP contribution in [-0.4, -0.2) is 96.7 Å². The van der Waals surface area contributed by atoms with Gasteiger partial charge < -0.3 is 33.8 Å². The summed E-state index contributed by atoms with van der Waals surface area (Å²) in [5.41, 5.74) is 0. The van der Waals surface area contributed by atoms with E-state index in [2.05, 4.69) is 48.5 Å². The molecule has 0 heterocycles. The largest absolute Gasteiger partial charge is 0.472 e. The predicted molar refractivity (Wildman–Crippen MR) is 368 cm³/mol. The fourth-order valence-corrected chi connectivity index (χ4v) is 12.4. The van der Waals surface area contributed by atoms with E-state index in [1.807, 2.05) is 0 Å². The summed E-state index contributed by atoms with van der Waals surface area (Å²) in [5.74, 6) is 0.181. The van der Waals surface area contributed by atoms with E-state index in [0.29, 0.717) is 25.7 Å². The van der Waals surface area contributed by atoms with Crippen molar-refractivity contribution in [3.63, 3.8) is 0 Å². The lowest BCUT2D eigenvalue weighted by molar-refractivity contribution is -0.161. The lowest BCUT2D eigenvalue weighted by atomic mass is 10.00. The zero-order valence-electron chi connectivity index (χ0n) is 59.3. The van der Waals surface area contributed by atoms with Gasteiger partial charge in [-0.2, -0.15) is 0 Å². The number of carbonyl (C=O) groups excluding carboxylic acids is 4. The summed E-state index contributed by atoms with van der Waals surface area (Å²) in [6.45, 7) is 11.8. The minimum absolute atomic E-state index is 0.102. The van der Waals surface area contributed by atoms with Gasteiger partial charge in [-0.1, -0.05) is 312 Å². The van der Waals surface area contributed by atoms with Crippen LogP contribution in [0.4, 0.5) is 0 Å². The van der Waals surface area contributed by atoms with E-state index in [4.69, 9.17) is 37.0 Å². The third kappa shape index (κ3) is 65.1. The topological polar surface area (TPSA) is 237 Å². The minimum Gasteiger partial charge on any atom is -0.462 e. The van der Waals surface area contributed by atoms with E-state index >= 15 is 0 Å². The van der Waals surface area contributed by atoms with Crippen molar-refractivity contribution < 1.29 is 80.2 Å². The molecule has 3 unspecified atom stereocenters. The summed E-state index contributed by atoms with van der Waals surface area (Å²) in [6, 6.07) is 0. The molecule has 0 aliphatic carbocycles. The highest BCUT2D eigenvalue weighted by atomic mass is 31.2. The molecule has 17 nitrogen and oxygen atoms in total. The number of phosphoric ester groups is 2. The summed E-state index contributed by atoms with van der Waals surface area (Å²) >= 11 is 0. The molecule has 0 aromatic heterocycles. The maximum absolute atomic E-state index is 13.0. The van der Waals surface area contributed by atoms with Crippen LogP contribution < -0.4 is 0 Å². The van der Waals surface area contributed by atoms with Crippen molar-refractivity contribution in [3.8, 4) is 0 Å².